The van der Waals surface area contributed by atoms with Crippen molar-refractivity contribution >= 4 is 34.1 Å². The van der Waals surface area contributed by atoms with Gasteiger partial charge in [0.05, 0.1) is 0 Å². The molecule has 1 rings (SSSR count). The molecule has 1 aromatic rings. The minimum Gasteiger partial charge on any atom is -0.301 e. The summed E-state index contributed by atoms with van der Waals surface area (Å²) in [5.74, 6) is -0.106. The van der Waals surface area contributed by atoms with Crippen LogP contribution in [0.5, 0.6) is 0 Å². The van der Waals surface area contributed by atoms with Gasteiger partial charge >= 0.3 is 0 Å². The summed E-state index contributed by atoms with van der Waals surface area (Å²) in [5.41, 5.74) is 0. The van der Waals surface area contributed by atoms with Crippen LogP contribution in [-0.2, 0) is 4.79 Å². The molecule has 0 atom stereocenters. The van der Waals surface area contributed by atoms with Gasteiger partial charge < -0.3 is 5.32 Å². The first-order valence-electron chi connectivity index (χ1n) is 4.93. The first-order chi connectivity index (χ1) is 7.15. The number of nitrogens with zero attached hydrogens (tertiary/aromatic N) is 2. The number of hydrogen-bond donors (Lipinski definition) is 1. The number of rotatable bonds is 5. The fraction of sp³-hybridized carbons (Fsp3) is 0.667. The van der Waals surface area contributed by atoms with Gasteiger partial charge in [0.15, 0.2) is 4.34 Å². The Morgan fingerprint density at radius 1 is 1.47 bits per heavy atom. The van der Waals surface area contributed by atoms with E-state index in [9.17, 15) is 4.79 Å². The van der Waals surface area contributed by atoms with E-state index in [-0.39, 0.29) is 5.91 Å². The minimum absolute atomic E-state index is 0.106. The number of anilines is 1. The number of carbonyl (C=O) groups is 1. The average molecular weight is 245 g/mol. The molecule has 1 N–H and O–H groups in total. The molecule has 0 radical (unpaired) electrons. The molecule has 0 unspecified atom stereocenters. The van der Waals surface area contributed by atoms with E-state index in [0.29, 0.717) is 10.4 Å². The summed E-state index contributed by atoms with van der Waals surface area (Å²) in [6, 6.07) is 0. The molecule has 1 heterocycles. The van der Waals surface area contributed by atoms with Gasteiger partial charge in [-0.25, -0.2) is 0 Å². The molecule has 1 aromatic heterocycles. The smallest absolute Gasteiger partial charge is 0.223 e. The minimum atomic E-state index is -0.106. The number of carbonyl (C=O) groups excluding carboxylic acids is 1. The second kappa shape index (κ2) is 6.07. The van der Waals surface area contributed by atoms with Crippen LogP contribution in [0.2, 0.25) is 0 Å². The number of hydrogen-bond acceptors (Lipinski definition) is 5. The highest BCUT2D eigenvalue weighted by Gasteiger charge is 2.10. The number of aromatic nitrogens is 2. The molecule has 84 valence electrons. The summed E-state index contributed by atoms with van der Waals surface area (Å²) in [6.45, 7) is 5.79. The Bertz CT molecular complexity index is 323. The van der Waals surface area contributed by atoms with E-state index in [1.807, 2.05) is 0 Å². The third-order valence-corrected chi connectivity index (χ3v) is 4.32. The van der Waals surface area contributed by atoms with Gasteiger partial charge in [-0.15, -0.1) is 10.2 Å². The van der Waals surface area contributed by atoms with Crippen LogP contribution in [-0.4, -0.2) is 21.4 Å². The van der Waals surface area contributed by atoms with E-state index < -0.39 is 0 Å². The molecule has 15 heavy (non-hydrogen) atoms. The molecule has 0 fully saturated rings. The Kier molecular flexibility index (Phi) is 5.04. The van der Waals surface area contributed by atoms with Crippen molar-refractivity contribution < 1.29 is 4.79 Å². The number of amides is 1. The highest BCUT2D eigenvalue weighted by molar-refractivity contribution is 8.01. The Balaban J connectivity index is 2.55. The number of thioether (sulfide) groups is 1. The summed E-state index contributed by atoms with van der Waals surface area (Å²) in [7, 11) is 0. The second-order valence-electron chi connectivity index (χ2n) is 3.11. The van der Waals surface area contributed by atoms with E-state index in [2.05, 4.69) is 29.4 Å². The van der Waals surface area contributed by atoms with Gasteiger partial charge in [-0.2, -0.15) is 0 Å². The summed E-state index contributed by atoms with van der Waals surface area (Å²) in [4.78, 5) is 10.8. The van der Waals surface area contributed by atoms with Gasteiger partial charge in [0, 0.05) is 12.2 Å². The number of nitrogens with one attached hydrogen (secondary N) is 1. The lowest BCUT2D eigenvalue weighted by molar-refractivity contribution is -0.114. The first kappa shape index (κ1) is 12.4. The normalized spacial score (nSPS) is 10.7. The maximum absolute atomic E-state index is 10.8. The van der Waals surface area contributed by atoms with Gasteiger partial charge in [0.1, 0.15) is 0 Å². The van der Waals surface area contributed by atoms with E-state index in [1.54, 1.807) is 11.8 Å². The standard InChI is InChI=1S/C9H15N3OS2/c1-4-7(5-2)14-9-12-11-8(15-9)10-6(3)13/h7H,4-5H2,1-3H3,(H,10,11,13). The zero-order valence-corrected chi connectivity index (χ0v) is 10.7. The molecular formula is C9H15N3OS2. The second-order valence-corrected chi connectivity index (χ2v) is 5.64. The van der Waals surface area contributed by atoms with Gasteiger partial charge in [-0.1, -0.05) is 36.9 Å². The van der Waals surface area contributed by atoms with Crippen molar-refractivity contribution in [1.82, 2.24) is 10.2 Å². The Morgan fingerprint density at radius 3 is 2.67 bits per heavy atom. The molecule has 0 aliphatic heterocycles. The summed E-state index contributed by atoms with van der Waals surface area (Å²) >= 11 is 3.16. The van der Waals surface area contributed by atoms with Gasteiger partial charge in [-0.3, -0.25) is 4.79 Å². The molecule has 0 aliphatic rings. The Labute approximate surface area is 97.9 Å². The third kappa shape index (κ3) is 4.17. The van der Waals surface area contributed by atoms with E-state index in [0.717, 1.165) is 17.2 Å². The van der Waals surface area contributed by atoms with Crippen molar-refractivity contribution in [3.05, 3.63) is 0 Å². The first-order valence-corrected chi connectivity index (χ1v) is 6.63. The third-order valence-electron chi connectivity index (χ3n) is 1.87. The fourth-order valence-corrected chi connectivity index (χ4v) is 3.12. The van der Waals surface area contributed by atoms with Crippen molar-refractivity contribution in [2.24, 2.45) is 0 Å². The molecule has 1 amide bonds. The van der Waals surface area contributed by atoms with Crippen molar-refractivity contribution in [2.75, 3.05) is 5.32 Å². The summed E-state index contributed by atoms with van der Waals surface area (Å²) < 4.78 is 0.924. The quantitative estimate of drug-likeness (QED) is 0.640. The molecule has 0 aliphatic carbocycles. The topological polar surface area (TPSA) is 54.9 Å². The van der Waals surface area contributed by atoms with Gasteiger partial charge in [-0.05, 0) is 12.8 Å². The zero-order chi connectivity index (χ0) is 11.3. The molecular weight excluding hydrogens is 230 g/mol. The van der Waals surface area contributed by atoms with Crippen molar-refractivity contribution in [1.29, 1.82) is 0 Å². The summed E-state index contributed by atoms with van der Waals surface area (Å²) in [6.07, 6.45) is 2.24. The highest BCUT2D eigenvalue weighted by atomic mass is 32.2. The predicted octanol–water partition coefficient (Wildman–Crippen LogP) is 2.78. The lowest BCUT2D eigenvalue weighted by atomic mass is 10.3. The molecule has 0 spiro atoms. The maximum atomic E-state index is 10.8. The van der Waals surface area contributed by atoms with Crippen LogP contribution < -0.4 is 5.32 Å². The SMILES string of the molecule is CCC(CC)Sc1nnc(NC(C)=O)s1. The van der Waals surface area contributed by atoms with Crippen molar-refractivity contribution in [3.63, 3.8) is 0 Å². The molecule has 0 aromatic carbocycles. The molecule has 0 saturated heterocycles. The molecule has 0 saturated carbocycles. The maximum Gasteiger partial charge on any atom is 0.223 e. The fourth-order valence-electron chi connectivity index (χ4n) is 1.06. The van der Waals surface area contributed by atoms with Crippen LogP contribution >= 0.6 is 23.1 Å². The van der Waals surface area contributed by atoms with Crippen LogP contribution in [0.4, 0.5) is 5.13 Å². The molecule has 0 bridgehead atoms. The average Bonchev–Trinajstić information content (AvgIpc) is 2.61. The lowest BCUT2D eigenvalue weighted by Crippen LogP contribution is -2.04. The van der Waals surface area contributed by atoms with Crippen molar-refractivity contribution in [3.8, 4) is 0 Å². The van der Waals surface area contributed by atoms with E-state index in [1.165, 1.54) is 18.3 Å². The van der Waals surface area contributed by atoms with Crippen LogP contribution in [0.15, 0.2) is 4.34 Å². The van der Waals surface area contributed by atoms with E-state index >= 15 is 0 Å². The van der Waals surface area contributed by atoms with Crippen LogP contribution in [0.25, 0.3) is 0 Å². The Morgan fingerprint density at radius 2 is 2.13 bits per heavy atom. The van der Waals surface area contributed by atoms with Gasteiger partial charge in [0.25, 0.3) is 0 Å². The van der Waals surface area contributed by atoms with Crippen LogP contribution in [0.1, 0.15) is 33.6 Å². The predicted molar refractivity (Wildman–Crippen MR) is 64.4 cm³/mol. The van der Waals surface area contributed by atoms with Gasteiger partial charge in [0.2, 0.25) is 11.0 Å². The lowest BCUT2D eigenvalue weighted by Gasteiger charge is -2.07. The van der Waals surface area contributed by atoms with Crippen LogP contribution in [0, 0.1) is 0 Å². The summed E-state index contributed by atoms with van der Waals surface area (Å²) in [5, 5.41) is 11.7. The highest BCUT2D eigenvalue weighted by Crippen LogP contribution is 2.31. The van der Waals surface area contributed by atoms with Crippen LogP contribution in [0.3, 0.4) is 0 Å². The Hall–Kier alpha value is -0.620. The molecule has 4 nitrogen and oxygen atoms in total. The van der Waals surface area contributed by atoms with Crippen molar-refractivity contribution in [2.45, 2.75) is 43.2 Å². The monoisotopic (exact) mass is 245 g/mol. The largest absolute Gasteiger partial charge is 0.301 e. The molecule has 6 heteroatoms. The van der Waals surface area contributed by atoms with E-state index in [4.69, 9.17) is 0 Å². The zero-order valence-electron chi connectivity index (χ0n) is 9.11.